The van der Waals surface area contributed by atoms with Crippen molar-refractivity contribution < 1.29 is 22.5 Å². The van der Waals surface area contributed by atoms with Gasteiger partial charge in [0.2, 0.25) is 27.6 Å². The maximum Gasteiger partial charge on any atom is 0.246 e. The van der Waals surface area contributed by atoms with Crippen molar-refractivity contribution in [2.45, 2.75) is 16.3 Å². The number of carbonyl (C=O) groups excluding carboxylic acids is 1. The third-order valence-corrected chi connectivity index (χ3v) is 6.93. The molecule has 0 bridgehead atoms. The van der Waals surface area contributed by atoms with Crippen LogP contribution in [0.3, 0.4) is 0 Å². The Morgan fingerprint density at radius 2 is 1.97 bits per heavy atom. The second kappa shape index (κ2) is 9.94. The summed E-state index contributed by atoms with van der Waals surface area (Å²) in [5, 5.41) is 6.48. The zero-order chi connectivity index (χ0) is 22.4. The fourth-order valence-corrected chi connectivity index (χ4v) is 4.19. The highest BCUT2D eigenvalue weighted by molar-refractivity contribution is 7.98. The van der Waals surface area contributed by atoms with Gasteiger partial charge in [-0.3, -0.25) is 4.79 Å². The molecular weight excluding hydrogens is 440 g/mol. The Morgan fingerprint density at radius 3 is 2.65 bits per heavy atom. The summed E-state index contributed by atoms with van der Waals surface area (Å²) in [5.41, 5.74) is 0.707. The number of hydrogen-bond acceptors (Lipinski definition) is 8. The fraction of sp³-hybridized carbons (Fsp3) is 0.250. The first-order valence-corrected chi connectivity index (χ1v) is 11.8. The Kier molecular flexibility index (Phi) is 7.31. The number of nitrogens with one attached hydrogen (secondary N) is 1. The number of rotatable bonds is 9. The molecule has 0 aliphatic carbocycles. The normalized spacial score (nSPS) is 11.5. The lowest BCUT2D eigenvalue weighted by Crippen LogP contribution is -2.38. The van der Waals surface area contributed by atoms with Gasteiger partial charge >= 0.3 is 0 Å². The topological polar surface area (TPSA) is 115 Å². The number of thioether (sulfide) groups is 1. The molecule has 0 fully saturated rings. The van der Waals surface area contributed by atoms with Crippen molar-refractivity contribution in [1.82, 2.24) is 19.8 Å². The number of methoxy groups -OCH3 is 1. The number of carbonyl (C=O) groups is 1. The number of ether oxygens (including phenoxy) is 1. The van der Waals surface area contributed by atoms with Gasteiger partial charge in [0.1, 0.15) is 5.75 Å². The molecule has 0 atom stereocenters. The number of hydrogen-bond donors (Lipinski definition) is 1. The maximum absolute atomic E-state index is 12.6. The van der Waals surface area contributed by atoms with Gasteiger partial charge in [-0.1, -0.05) is 17.3 Å². The van der Waals surface area contributed by atoms with E-state index in [1.54, 1.807) is 43.5 Å². The zero-order valence-corrected chi connectivity index (χ0v) is 18.9. The Bertz CT molecular complexity index is 1150. The third-order valence-electron chi connectivity index (χ3n) is 4.37. The minimum absolute atomic E-state index is 0.0217. The molecule has 0 radical (unpaired) electrons. The molecule has 9 nitrogen and oxygen atoms in total. The van der Waals surface area contributed by atoms with E-state index in [1.807, 2.05) is 6.26 Å². The summed E-state index contributed by atoms with van der Waals surface area (Å²) in [6, 6.07) is 13.7. The van der Waals surface area contributed by atoms with Crippen LogP contribution in [0.1, 0.15) is 5.89 Å². The number of likely N-dealkylation sites (N-methyl/N-ethyl adjacent to an activating group) is 1. The minimum Gasteiger partial charge on any atom is -0.497 e. The molecule has 3 rings (SSSR count). The van der Waals surface area contributed by atoms with Crippen LogP contribution < -0.4 is 10.1 Å². The van der Waals surface area contributed by atoms with Crippen molar-refractivity contribution in [1.29, 1.82) is 0 Å². The van der Waals surface area contributed by atoms with Crippen molar-refractivity contribution in [2.75, 3.05) is 27.0 Å². The molecule has 2 aromatic carbocycles. The highest BCUT2D eigenvalue weighted by Gasteiger charge is 2.23. The van der Waals surface area contributed by atoms with Gasteiger partial charge in [-0.2, -0.15) is 9.29 Å². The molecule has 0 spiro atoms. The minimum atomic E-state index is -3.78. The lowest BCUT2D eigenvalue weighted by molar-refractivity contribution is -0.121. The van der Waals surface area contributed by atoms with Crippen LogP contribution in [0.4, 0.5) is 0 Å². The predicted octanol–water partition coefficient (Wildman–Crippen LogP) is 2.40. The van der Waals surface area contributed by atoms with Crippen LogP contribution in [-0.2, 0) is 21.4 Å². The van der Waals surface area contributed by atoms with Crippen molar-refractivity contribution in [3.05, 3.63) is 54.4 Å². The van der Waals surface area contributed by atoms with Gasteiger partial charge in [0.15, 0.2) is 0 Å². The van der Waals surface area contributed by atoms with E-state index in [2.05, 4.69) is 15.5 Å². The van der Waals surface area contributed by atoms with Crippen LogP contribution in [0.25, 0.3) is 11.4 Å². The predicted molar refractivity (Wildman–Crippen MR) is 116 cm³/mol. The molecule has 1 N–H and O–H groups in total. The Morgan fingerprint density at radius 1 is 1.23 bits per heavy atom. The molecule has 0 aliphatic heterocycles. The summed E-state index contributed by atoms with van der Waals surface area (Å²) in [4.78, 5) is 17.6. The monoisotopic (exact) mass is 462 g/mol. The van der Waals surface area contributed by atoms with E-state index in [9.17, 15) is 13.2 Å². The van der Waals surface area contributed by atoms with Crippen molar-refractivity contribution in [3.8, 4) is 17.1 Å². The fourth-order valence-electron chi connectivity index (χ4n) is 2.65. The first-order valence-electron chi connectivity index (χ1n) is 9.17. The lowest BCUT2D eigenvalue weighted by Gasteiger charge is -2.16. The van der Waals surface area contributed by atoms with Crippen LogP contribution in [0.15, 0.2) is 62.8 Å². The van der Waals surface area contributed by atoms with Gasteiger partial charge in [0, 0.05) is 17.5 Å². The van der Waals surface area contributed by atoms with Crippen molar-refractivity contribution >= 4 is 27.7 Å². The van der Waals surface area contributed by atoms with E-state index < -0.39 is 15.9 Å². The summed E-state index contributed by atoms with van der Waals surface area (Å²) in [6.45, 7) is -0.365. The average molecular weight is 463 g/mol. The summed E-state index contributed by atoms with van der Waals surface area (Å²) in [7, 11) is -0.866. The molecule has 164 valence electrons. The van der Waals surface area contributed by atoms with Gasteiger partial charge in [-0.05, 0) is 42.7 Å². The summed E-state index contributed by atoms with van der Waals surface area (Å²) >= 11 is 1.51. The van der Waals surface area contributed by atoms with Gasteiger partial charge < -0.3 is 14.6 Å². The second-order valence-electron chi connectivity index (χ2n) is 6.46. The van der Waals surface area contributed by atoms with E-state index >= 15 is 0 Å². The quantitative estimate of drug-likeness (QED) is 0.482. The van der Waals surface area contributed by atoms with Crippen LogP contribution in [0.5, 0.6) is 5.75 Å². The number of amides is 1. The molecule has 0 saturated heterocycles. The Hall–Kier alpha value is -2.89. The van der Waals surface area contributed by atoms with Gasteiger partial charge in [0.05, 0.1) is 25.1 Å². The van der Waals surface area contributed by atoms with Crippen LogP contribution in [0, 0.1) is 0 Å². The van der Waals surface area contributed by atoms with Crippen LogP contribution >= 0.6 is 11.8 Å². The summed E-state index contributed by atoms with van der Waals surface area (Å²) in [5.74, 6) is 0.721. The number of nitrogens with zero attached hydrogens (tertiary/aromatic N) is 3. The SMILES string of the molecule is COc1cccc(-c2noc(CNC(=O)CN(C)S(=O)(=O)c3ccc(SC)cc3)n2)c1. The lowest BCUT2D eigenvalue weighted by atomic mass is 10.2. The number of sulfonamides is 1. The zero-order valence-electron chi connectivity index (χ0n) is 17.2. The highest BCUT2D eigenvalue weighted by atomic mass is 32.2. The summed E-state index contributed by atoms with van der Waals surface area (Å²) in [6.07, 6.45) is 1.91. The molecule has 31 heavy (non-hydrogen) atoms. The molecule has 11 heteroatoms. The Balaban J connectivity index is 1.57. The molecule has 1 heterocycles. The highest BCUT2D eigenvalue weighted by Crippen LogP contribution is 2.21. The number of benzene rings is 2. The Labute approximate surface area is 184 Å². The van der Waals surface area contributed by atoms with E-state index in [4.69, 9.17) is 9.26 Å². The van der Waals surface area contributed by atoms with Gasteiger partial charge in [-0.25, -0.2) is 8.42 Å². The third kappa shape index (κ3) is 5.63. The summed E-state index contributed by atoms with van der Waals surface area (Å²) < 4.78 is 36.6. The molecule has 3 aromatic rings. The maximum atomic E-state index is 12.6. The van der Waals surface area contributed by atoms with E-state index in [-0.39, 0.29) is 23.9 Å². The van der Waals surface area contributed by atoms with Crippen LogP contribution in [-0.4, -0.2) is 55.7 Å². The largest absolute Gasteiger partial charge is 0.497 e. The second-order valence-corrected chi connectivity index (χ2v) is 9.38. The average Bonchev–Trinajstić information content (AvgIpc) is 3.27. The number of aromatic nitrogens is 2. The van der Waals surface area contributed by atoms with Crippen LogP contribution in [0.2, 0.25) is 0 Å². The molecule has 0 saturated carbocycles. The van der Waals surface area contributed by atoms with E-state index in [1.165, 1.54) is 30.9 Å². The van der Waals surface area contributed by atoms with E-state index in [0.717, 1.165) is 9.20 Å². The molecular formula is C20H22N4O5S2. The molecule has 1 amide bonds. The molecule has 0 aliphatic rings. The molecule has 0 unspecified atom stereocenters. The standard InChI is InChI=1S/C20H22N4O5S2/c1-24(31(26,27)17-9-7-16(30-3)8-10-17)13-18(25)21-12-19-22-20(23-29-19)14-5-4-6-15(11-14)28-2/h4-11H,12-13H2,1-3H3,(H,21,25). The van der Waals surface area contributed by atoms with Crippen molar-refractivity contribution in [3.63, 3.8) is 0 Å². The first kappa shape index (κ1) is 22.8. The van der Waals surface area contributed by atoms with Crippen molar-refractivity contribution in [2.24, 2.45) is 0 Å². The molecule has 1 aromatic heterocycles. The van der Waals surface area contributed by atoms with Gasteiger partial charge in [-0.15, -0.1) is 11.8 Å². The van der Waals surface area contributed by atoms with E-state index in [0.29, 0.717) is 17.1 Å². The van der Waals surface area contributed by atoms with Gasteiger partial charge in [0.25, 0.3) is 0 Å². The first-order chi connectivity index (χ1) is 14.8. The smallest absolute Gasteiger partial charge is 0.246 e.